The summed E-state index contributed by atoms with van der Waals surface area (Å²) in [6.07, 6.45) is -3.72. The van der Waals surface area contributed by atoms with Gasteiger partial charge in [0.2, 0.25) is 5.91 Å². The SMILES string of the molecule is CN=C(NCC(=O)N(C)CC(F)(F)F)NC(C)Cc1c(C)nn(C)c1C. The second-order valence-electron chi connectivity index (χ2n) is 6.31. The van der Waals surface area contributed by atoms with Gasteiger partial charge in [0, 0.05) is 32.9 Å². The van der Waals surface area contributed by atoms with Crippen molar-refractivity contribution in [2.45, 2.75) is 39.4 Å². The lowest BCUT2D eigenvalue weighted by Crippen LogP contribution is -2.48. The van der Waals surface area contributed by atoms with E-state index in [1.54, 1.807) is 0 Å². The summed E-state index contributed by atoms with van der Waals surface area (Å²) in [6, 6.07) is -0.00851. The van der Waals surface area contributed by atoms with Gasteiger partial charge < -0.3 is 15.5 Å². The van der Waals surface area contributed by atoms with E-state index in [0.29, 0.717) is 17.3 Å². The zero-order valence-corrected chi connectivity index (χ0v) is 16.0. The molecule has 0 bridgehead atoms. The number of rotatable bonds is 6. The molecule has 1 rings (SSSR count). The van der Waals surface area contributed by atoms with Crippen LogP contribution in [-0.2, 0) is 18.3 Å². The Morgan fingerprint density at radius 2 is 2.00 bits per heavy atom. The van der Waals surface area contributed by atoms with Gasteiger partial charge in [-0.1, -0.05) is 0 Å². The van der Waals surface area contributed by atoms with E-state index < -0.39 is 18.6 Å². The molecule has 1 aromatic rings. The third-order valence-electron chi connectivity index (χ3n) is 4.03. The number of nitrogens with one attached hydrogen (secondary N) is 2. The van der Waals surface area contributed by atoms with E-state index in [0.717, 1.165) is 24.0 Å². The van der Waals surface area contributed by atoms with Crippen LogP contribution in [-0.4, -0.2) is 66.0 Å². The summed E-state index contributed by atoms with van der Waals surface area (Å²) < 4.78 is 38.8. The normalized spacial score (nSPS) is 13.5. The van der Waals surface area contributed by atoms with Gasteiger partial charge in [0.1, 0.15) is 6.54 Å². The van der Waals surface area contributed by atoms with Crippen molar-refractivity contribution in [1.82, 2.24) is 25.3 Å². The molecule has 2 N–H and O–H groups in total. The number of aromatic nitrogens is 2. The first-order valence-corrected chi connectivity index (χ1v) is 8.21. The van der Waals surface area contributed by atoms with Crippen LogP contribution >= 0.6 is 0 Å². The van der Waals surface area contributed by atoms with Gasteiger partial charge in [-0.15, -0.1) is 0 Å². The molecule has 148 valence electrons. The van der Waals surface area contributed by atoms with Crippen LogP contribution in [0.25, 0.3) is 0 Å². The maximum atomic E-state index is 12.3. The van der Waals surface area contributed by atoms with Crippen molar-refractivity contribution >= 4 is 11.9 Å². The number of carbonyl (C=O) groups is 1. The molecule has 1 unspecified atom stereocenters. The number of aliphatic imine (C=N–C) groups is 1. The number of hydrogen-bond acceptors (Lipinski definition) is 3. The maximum absolute atomic E-state index is 12.3. The second-order valence-corrected chi connectivity index (χ2v) is 6.31. The fraction of sp³-hybridized carbons (Fsp3) is 0.688. The number of carbonyl (C=O) groups excluding carboxylic acids is 1. The van der Waals surface area contributed by atoms with Crippen LogP contribution < -0.4 is 10.6 Å². The molecule has 0 aliphatic rings. The largest absolute Gasteiger partial charge is 0.406 e. The van der Waals surface area contributed by atoms with Crippen LogP contribution in [0.2, 0.25) is 0 Å². The van der Waals surface area contributed by atoms with Crippen LogP contribution in [0.3, 0.4) is 0 Å². The van der Waals surface area contributed by atoms with E-state index in [-0.39, 0.29) is 12.6 Å². The highest BCUT2D eigenvalue weighted by Gasteiger charge is 2.31. The summed E-state index contributed by atoms with van der Waals surface area (Å²) in [5, 5.41) is 10.2. The minimum Gasteiger partial charge on any atom is -0.354 e. The summed E-state index contributed by atoms with van der Waals surface area (Å²) in [6.45, 7) is 4.33. The number of aryl methyl sites for hydroxylation is 2. The molecule has 0 aliphatic carbocycles. The lowest BCUT2D eigenvalue weighted by atomic mass is 10.1. The van der Waals surface area contributed by atoms with E-state index in [4.69, 9.17) is 0 Å². The predicted molar refractivity (Wildman–Crippen MR) is 94.0 cm³/mol. The minimum absolute atomic E-state index is 0.00851. The fourth-order valence-electron chi connectivity index (χ4n) is 2.55. The summed E-state index contributed by atoms with van der Waals surface area (Å²) in [5.41, 5.74) is 3.15. The number of amides is 1. The summed E-state index contributed by atoms with van der Waals surface area (Å²) >= 11 is 0. The van der Waals surface area contributed by atoms with Crippen molar-refractivity contribution < 1.29 is 18.0 Å². The molecule has 0 saturated heterocycles. The third kappa shape index (κ3) is 6.57. The van der Waals surface area contributed by atoms with Gasteiger partial charge in [-0.05, 0) is 32.8 Å². The number of alkyl halides is 3. The molecule has 1 heterocycles. The molecule has 0 saturated carbocycles. The lowest BCUT2D eigenvalue weighted by Gasteiger charge is -2.21. The molecule has 0 radical (unpaired) electrons. The van der Waals surface area contributed by atoms with Gasteiger partial charge in [0.25, 0.3) is 0 Å². The van der Waals surface area contributed by atoms with Crippen LogP contribution in [0.4, 0.5) is 13.2 Å². The molecule has 0 spiro atoms. The van der Waals surface area contributed by atoms with E-state index in [9.17, 15) is 18.0 Å². The highest BCUT2D eigenvalue weighted by atomic mass is 19.4. The highest BCUT2D eigenvalue weighted by molar-refractivity contribution is 5.86. The van der Waals surface area contributed by atoms with Gasteiger partial charge in [0.05, 0.1) is 12.2 Å². The Morgan fingerprint density at radius 1 is 1.38 bits per heavy atom. The average Bonchev–Trinajstić information content (AvgIpc) is 2.75. The summed E-state index contributed by atoms with van der Waals surface area (Å²) in [7, 11) is 4.53. The van der Waals surface area contributed by atoms with Crippen LogP contribution in [0.1, 0.15) is 23.9 Å². The number of likely N-dealkylation sites (N-methyl/N-ethyl adjacent to an activating group) is 1. The quantitative estimate of drug-likeness (QED) is 0.577. The Hall–Kier alpha value is -2.26. The monoisotopic (exact) mass is 376 g/mol. The van der Waals surface area contributed by atoms with Crippen molar-refractivity contribution in [3.8, 4) is 0 Å². The zero-order chi connectivity index (χ0) is 20.1. The molecule has 1 atom stereocenters. The van der Waals surface area contributed by atoms with Crippen LogP contribution in [0.15, 0.2) is 4.99 Å². The Kier molecular flexibility index (Phi) is 7.46. The fourth-order valence-corrected chi connectivity index (χ4v) is 2.55. The predicted octanol–water partition coefficient (Wildman–Crippen LogP) is 1.15. The van der Waals surface area contributed by atoms with E-state index >= 15 is 0 Å². The van der Waals surface area contributed by atoms with E-state index in [2.05, 4.69) is 20.7 Å². The van der Waals surface area contributed by atoms with E-state index in [1.807, 2.05) is 32.5 Å². The summed E-state index contributed by atoms with van der Waals surface area (Å²) in [5.74, 6) is -0.317. The maximum Gasteiger partial charge on any atom is 0.406 e. The molecule has 1 aromatic heterocycles. The molecule has 26 heavy (non-hydrogen) atoms. The first-order chi connectivity index (χ1) is 11.9. The summed E-state index contributed by atoms with van der Waals surface area (Å²) in [4.78, 5) is 16.4. The molecular weight excluding hydrogens is 349 g/mol. The van der Waals surface area contributed by atoms with Gasteiger partial charge in [-0.3, -0.25) is 14.5 Å². The van der Waals surface area contributed by atoms with Gasteiger partial charge in [-0.2, -0.15) is 18.3 Å². The van der Waals surface area contributed by atoms with E-state index in [1.165, 1.54) is 7.05 Å². The second kappa shape index (κ2) is 8.91. The Labute approximate surface area is 151 Å². The third-order valence-corrected chi connectivity index (χ3v) is 4.03. The van der Waals surface area contributed by atoms with Crippen LogP contribution in [0, 0.1) is 13.8 Å². The average molecular weight is 376 g/mol. The smallest absolute Gasteiger partial charge is 0.354 e. The van der Waals surface area contributed by atoms with Gasteiger partial charge in [0.15, 0.2) is 5.96 Å². The lowest BCUT2D eigenvalue weighted by molar-refractivity contribution is -0.157. The Balaban J connectivity index is 2.55. The molecule has 0 aliphatic heterocycles. The first-order valence-electron chi connectivity index (χ1n) is 8.21. The molecule has 0 aromatic carbocycles. The standard InChI is InChI=1S/C16H27F3N6O/c1-10(7-13-11(2)23-25(6)12(13)3)22-15(20-4)21-8-14(26)24(5)9-16(17,18)19/h10H,7-9H2,1-6H3,(H2,20,21,22). The van der Waals surface area contributed by atoms with Crippen molar-refractivity contribution in [2.75, 3.05) is 27.2 Å². The van der Waals surface area contributed by atoms with Gasteiger partial charge in [-0.25, -0.2) is 0 Å². The Bertz CT molecular complexity index is 653. The van der Waals surface area contributed by atoms with Crippen molar-refractivity contribution in [2.24, 2.45) is 12.0 Å². The van der Waals surface area contributed by atoms with Crippen molar-refractivity contribution in [1.29, 1.82) is 0 Å². The molecule has 1 amide bonds. The first kappa shape index (κ1) is 21.8. The molecule has 7 nitrogen and oxygen atoms in total. The highest BCUT2D eigenvalue weighted by Crippen LogP contribution is 2.15. The van der Waals surface area contributed by atoms with Crippen LogP contribution in [0.5, 0.6) is 0 Å². The number of halogens is 3. The number of guanidine groups is 1. The number of nitrogens with zero attached hydrogens (tertiary/aromatic N) is 4. The topological polar surface area (TPSA) is 74.6 Å². The number of hydrogen-bond donors (Lipinski definition) is 2. The molecule has 10 heteroatoms. The molecule has 0 fully saturated rings. The minimum atomic E-state index is -4.42. The zero-order valence-electron chi connectivity index (χ0n) is 16.0. The van der Waals surface area contributed by atoms with Crippen molar-refractivity contribution in [3.05, 3.63) is 17.0 Å². The van der Waals surface area contributed by atoms with Crippen molar-refractivity contribution in [3.63, 3.8) is 0 Å². The molecular formula is C16H27F3N6O. The Morgan fingerprint density at radius 3 is 2.46 bits per heavy atom. The van der Waals surface area contributed by atoms with Gasteiger partial charge >= 0.3 is 6.18 Å².